The zero-order valence-corrected chi connectivity index (χ0v) is 18.7. The van der Waals surface area contributed by atoms with Gasteiger partial charge in [-0.05, 0) is 55.7 Å². The van der Waals surface area contributed by atoms with Crippen LogP contribution < -0.4 is 5.32 Å². The van der Waals surface area contributed by atoms with Crippen molar-refractivity contribution in [3.63, 3.8) is 0 Å². The van der Waals surface area contributed by atoms with Crippen LogP contribution in [0.2, 0.25) is 0 Å². The zero-order chi connectivity index (χ0) is 22.4. The summed E-state index contributed by atoms with van der Waals surface area (Å²) in [5, 5.41) is 12.9. The third-order valence-corrected chi connectivity index (χ3v) is 7.57. The summed E-state index contributed by atoms with van der Waals surface area (Å²) in [6.07, 6.45) is 4.52. The summed E-state index contributed by atoms with van der Waals surface area (Å²) in [7, 11) is 1.31. The Morgan fingerprint density at radius 2 is 1.74 bits per heavy atom. The van der Waals surface area contributed by atoms with E-state index in [1.54, 1.807) is 0 Å². The van der Waals surface area contributed by atoms with Crippen LogP contribution in [-0.4, -0.2) is 30.1 Å². The van der Waals surface area contributed by atoms with Crippen LogP contribution in [0.3, 0.4) is 0 Å². The first kappa shape index (κ1) is 21.3. The first-order valence-corrected chi connectivity index (χ1v) is 11.1. The van der Waals surface area contributed by atoms with Gasteiger partial charge in [0.15, 0.2) is 0 Å². The van der Waals surface area contributed by atoms with Crippen molar-refractivity contribution in [2.45, 2.75) is 27.2 Å². The number of carboxylic acid groups (broad SMARTS) is 1. The van der Waals surface area contributed by atoms with Crippen LogP contribution in [0.5, 0.6) is 0 Å². The van der Waals surface area contributed by atoms with Crippen molar-refractivity contribution < 1.29 is 24.2 Å². The van der Waals surface area contributed by atoms with Crippen LogP contribution in [0, 0.1) is 44.4 Å². The van der Waals surface area contributed by atoms with Crippen molar-refractivity contribution >= 4 is 34.2 Å². The number of fused-ring (bicyclic) bond motifs is 2. The minimum Gasteiger partial charge on any atom is -0.481 e. The highest BCUT2D eigenvalue weighted by Gasteiger charge is 2.51. The Morgan fingerprint density at radius 3 is 2.35 bits per heavy atom. The zero-order valence-electron chi connectivity index (χ0n) is 17.9. The molecular formula is C24H25NO5S. The molecule has 6 nitrogen and oxygen atoms in total. The Bertz CT molecular complexity index is 1120. The summed E-state index contributed by atoms with van der Waals surface area (Å²) >= 11 is 1.31. The smallest absolute Gasteiger partial charge is 0.341 e. The molecule has 0 unspecified atom stereocenters. The molecule has 1 saturated carbocycles. The van der Waals surface area contributed by atoms with Crippen LogP contribution in [0.15, 0.2) is 30.4 Å². The van der Waals surface area contributed by atoms with E-state index in [0.29, 0.717) is 17.0 Å². The Labute approximate surface area is 184 Å². The van der Waals surface area contributed by atoms with Crippen molar-refractivity contribution in [3.8, 4) is 11.1 Å². The highest BCUT2D eigenvalue weighted by molar-refractivity contribution is 7.17. The molecule has 1 aromatic heterocycles. The fraction of sp³-hybridized carbons (Fsp3) is 0.375. The second kappa shape index (κ2) is 7.96. The van der Waals surface area contributed by atoms with Gasteiger partial charge in [-0.15, -0.1) is 11.3 Å². The highest BCUT2D eigenvalue weighted by atomic mass is 32.1. The SMILES string of the molecule is COC(=O)c1c(NC(=O)[C@@H]2[C@H](C(=O)O)[C@H]3C=C[C@H]2C3)sc(C)c1-c1ccc(C)c(C)c1. The molecule has 1 amide bonds. The summed E-state index contributed by atoms with van der Waals surface area (Å²) in [5.41, 5.74) is 4.17. The second-order valence-electron chi connectivity index (χ2n) is 8.36. The van der Waals surface area contributed by atoms with E-state index in [0.717, 1.165) is 27.1 Å². The van der Waals surface area contributed by atoms with Gasteiger partial charge in [0.25, 0.3) is 0 Å². The number of hydrogen-bond acceptors (Lipinski definition) is 5. The molecule has 2 aromatic rings. The monoisotopic (exact) mass is 439 g/mol. The molecule has 0 radical (unpaired) electrons. The van der Waals surface area contributed by atoms with E-state index in [1.807, 2.05) is 51.1 Å². The van der Waals surface area contributed by atoms with Gasteiger partial charge >= 0.3 is 11.9 Å². The second-order valence-corrected chi connectivity index (χ2v) is 9.58. The van der Waals surface area contributed by atoms with Crippen molar-refractivity contribution in [2.24, 2.45) is 23.7 Å². The van der Waals surface area contributed by atoms with E-state index >= 15 is 0 Å². The maximum Gasteiger partial charge on any atom is 0.341 e. The molecule has 0 aliphatic heterocycles. The van der Waals surface area contributed by atoms with Crippen LogP contribution in [0.25, 0.3) is 11.1 Å². The standard InChI is InChI=1S/C24H25NO5S/c1-11-5-6-14(9-12(11)2)17-13(3)31-22(20(17)24(29)30-4)25-21(26)18-15-7-8-16(10-15)19(18)23(27)28/h5-9,15-16,18-19H,10H2,1-4H3,(H,25,26)(H,27,28)/t15-,16-,18-,19+/m0/s1. The molecule has 7 heteroatoms. The number of aliphatic carboxylic acids is 1. The first-order valence-electron chi connectivity index (χ1n) is 10.2. The van der Waals surface area contributed by atoms with Gasteiger partial charge in [-0.2, -0.15) is 0 Å². The van der Waals surface area contributed by atoms with Crippen LogP contribution in [-0.2, 0) is 14.3 Å². The van der Waals surface area contributed by atoms with E-state index < -0.39 is 23.8 Å². The predicted octanol–water partition coefficient (Wildman–Crippen LogP) is 4.59. The molecule has 1 heterocycles. The molecule has 1 aromatic carbocycles. The molecule has 162 valence electrons. The Hall–Kier alpha value is -2.93. The molecule has 4 atom stereocenters. The Kier molecular flexibility index (Phi) is 5.47. The lowest BCUT2D eigenvalue weighted by molar-refractivity contribution is -0.146. The summed E-state index contributed by atoms with van der Waals surface area (Å²) in [6, 6.07) is 5.97. The van der Waals surface area contributed by atoms with Gasteiger partial charge in [0.05, 0.1) is 18.9 Å². The predicted molar refractivity (Wildman–Crippen MR) is 119 cm³/mol. The molecule has 0 spiro atoms. The van der Waals surface area contributed by atoms with Gasteiger partial charge in [-0.3, -0.25) is 9.59 Å². The van der Waals surface area contributed by atoms with E-state index in [1.165, 1.54) is 18.4 Å². The van der Waals surface area contributed by atoms with Gasteiger partial charge in [0, 0.05) is 10.4 Å². The van der Waals surface area contributed by atoms with Crippen molar-refractivity contribution in [1.82, 2.24) is 0 Å². The minimum atomic E-state index is -0.955. The van der Waals surface area contributed by atoms with Crippen LogP contribution >= 0.6 is 11.3 Å². The molecule has 2 bridgehead atoms. The first-order chi connectivity index (χ1) is 14.7. The van der Waals surface area contributed by atoms with E-state index in [4.69, 9.17) is 4.74 Å². The normalized spacial score (nSPS) is 23.7. The summed E-state index contributed by atoms with van der Waals surface area (Å²) in [5.74, 6) is -3.44. The molecule has 0 saturated heterocycles. The van der Waals surface area contributed by atoms with Gasteiger partial charge < -0.3 is 15.2 Å². The number of benzene rings is 1. The van der Waals surface area contributed by atoms with E-state index in [9.17, 15) is 19.5 Å². The number of carbonyl (C=O) groups is 3. The van der Waals surface area contributed by atoms with Gasteiger partial charge in [0.1, 0.15) is 10.6 Å². The number of allylic oxidation sites excluding steroid dienone is 2. The lowest BCUT2D eigenvalue weighted by Gasteiger charge is -2.23. The number of carboxylic acids is 1. The highest BCUT2D eigenvalue weighted by Crippen LogP contribution is 2.49. The number of thiophene rings is 1. The van der Waals surface area contributed by atoms with Crippen molar-refractivity contribution in [1.29, 1.82) is 0 Å². The minimum absolute atomic E-state index is 0.0899. The Morgan fingerprint density at radius 1 is 1.06 bits per heavy atom. The maximum absolute atomic E-state index is 13.2. The summed E-state index contributed by atoms with van der Waals surface area (Å²) < 4.78 is 5.03. The number of nitrogens with one attached hydrogen (secondary N) is 1. The molecule has 2 aliphatic carbocycles. The average Bonchev–Trinajstić information content (AvgIpc) is 3.42. The quantitative estimate of drug-likeness (QED) is 0.525. The van der Waals surface area contributed by atoms with Gasteiger partial charge in [-0.25, -0.2) is 4.79 Å². The number of rotatable bonds is 5. The number of methoxy groups -OCH3 is 1. The third-order valence-electron chi connectivity index (χ3n) is 6.55. The molecule has 2 aliphatic rings. The van der Waals surface area contributed by atoms with Gasteiger partial charge in [-0.1, -0.05) is 30.4 Å². The summed E-state index contributed by atoms with van der Waals surface area (Å²) in [4.78, 5) is 38.6. The number of esters is 1. The van der Waals surface area contributed by atoms with Gasteiger partial charge in [0.2, 0.25) is 5.91 Å². The molecular weight excluding hydrogens is 414 g/mol. The fourth-order valence-electron chi connectivity index (χ4n) is 4.89. The van der Waals surface area contributed by atoms with Crippen molar-refractivity contribution in [3.05, 3.63) is 51.9 Å². The fourth-order valence-corrected chi connectivity index (χ4v) is 5.95. The molecule has 31 heavy (non-hydrogen) atoms. The molecule has 1 fully saturated rings. The number of hydrogen-bond donors (Lipinski definition) is 2. The number of anilines is 1. The van der Waals surface area contributed by atoms with Crippen molar-refractivity contribution in [2.75, 3.05) is 12.4 Å². The number of aryl methyl sites for hydroxylation is 3. The maximum atomic E-state index is 13.2. The van der Waals surface area contributed by atoms with E-state index in [2.05, 4.69) is 5.32 Å². The number of amides is 1. The van der Waals surface area contributed by atoms with E-state index in [-0.39, 0.29) is 17.7 Å². The van der Waals surface area contributed by atoms with Crippen LogP contribution in [0.1, 0.15) is 32.8 Å². The molecule has 2 N–H and O–H groups in total. The largest absolute Gasteiger partial charge is 0.481 e. The average molecular weight is 440 g/mol. The Balaban J connectivity index is 1.73. The lowest BCUT2D eigenvalue weighted by Crippen LogP contribution is -2.36. The molecule has 4 rings (SSSR count). The number of carbonyl (C=O) groups excluding carboxylic acids is 2. The van der Waals surface area contributed by atoms with Crippen LogP contribution in [0.4, 0.5) is 5.00 Å². The topological polar surface area (TPSA) is 92.7 Å². The summed E-state index contributed by atoms with van der Waals surface area (Å²) in [6.45, 7) is 5.93. The number of ether oxygens (including phenoxy) is 1. The third kappa shape index (κ3) is 3.57. The lowest BCUT2D eigenvalue weighted by atomic mass is 9.82.